The number of hydrogen-bond acceptors (Lipinski definition) is 5. The Balaban J connectivity index is 1.24. The van der Waals surface area contributed by atoms with Crippen LogP contribution in [0.3, 0.4) is 0 Å². The van der Waals surface area contributed by atoms with Gasteiger partial charge in [0.25, 0.3) is 0 Å². The van der Waals surface area contributed by atoms with Gasteiger partial charge in [0.05, 0.1) is 18.8 Å². The van der Waals surface area contributed by atoms with Crippen LogP contribution in [0.2, 0.25) is 0 Å². The van der Waals surface area contributed by atoms with E-state index >= 15 is 0 Å². The van der Waals surface area contributed by atoms with Gasteiger partial charge in [-0.3, -0.25) is 0 Å². The predicted octanol–water partition coefficient (Wildman–Crippen LogP) is 2.35. The number of carbonyl (C=O) groups is 1. The zero-order chi connectivity index (χ0) is 18.2. The summed E-state index contributed by atoms with van der Waals surface area (Å²) in [6.45, 7) is 3.80. The number of hydrogen-bond donors (Lipinski definition) is 1. The lowest BCUT2D eigenvalue weighted by Crippen LogP contribution is -2.51. The minimum Gasteiger partial charge on any atom is -0.368 e. The number of urea groups is 1. The predicted molar refractivity (Wildman–Crippen MR) is 102 cm³/mol. The van der Waals surface area contributed by atoms with Crippen molar-refractivity contribution >= 4 is 12.0 Å². The quantitative estimate of drug-likeness (QED) is 0.860. The van der Waals surface area contributed by atoms with E-state index < -0.39 is 0 Å². The number of carbonyl (C=O) groups excluding carboxylic acids is 1. The van der Waals surface area contributed by atoms with E-state index in [1.54, 1.807) is 0 Å². The second kappa shape index (κ2) is 7.26. The lowest BCUT2D eigenvalue weighted by Gasteiger charge is -2.34. The van der Waals surface area contributed by atoms with Crippen LogP contribution in [-0.4, -0.2) is 59.7 Å². The molecule has 0 bridgehead atoms. The average Bonchev–Trinajstić information content (AvgIpc) is 3.65. The van der Waals surface area contributed by atoms with Gasteiger partial charge in [0.2, 0.25) is 5.95 Å². The molecule has 0 aromatic carbocycles. The minimum absolute atomic E-state index is 0.0703. The van der Waals surface area contributed by atoms with Crippen molar-refractivity contribution in [3.63, 3.8) is 0 Å². The van der Waals surface area contributed by atoms with E-state index in [4.69, 9.17) is 9.72 Å². The molecule has 2 saturated carbocycles. The Morgan fingerprint density at radius 2 is 1.89 bits per heavy atom. The van der Waals surface area contributed by atoms with Crippen LogP contribution in [-0.2, 0) is 4.74 Å². The Kier molecular flexibility index (Phi) is 4.63. The Hall–Kier alpha value is -1.89. The number of amides is 2. The molecule has 7 heteroatoms. The topological polar surface area (TPSA) is 70.6 Å². The molecule has 1 N–H and O–H groups in total. The number of nitrogens with zero attached hydrogens (tertiary/aromatic N) is 4. The molecule has 7 nitrogen and oxygen atoms in total. The molecular formula is C20H29N5O2. The summed E-state index contributed by atoms with van der Waals surface area (Å²) in [5, 5.41) is 3.33. The second-order valence-electron chi connectivity index (χ2n) is 8.43. The van der Waals surface area contributed by atoms with Crippen LogP contribution in [0.25, 0.3) is 0 Å². The van der Waals surface area contributed by atoms with Crippen molar-refractivity contribution in [3.05, 3.63) is 18.0 Å². The van der Waals surface area contributed by atoms with E-state index in [1.807, 2.05) is 17.2 Å². The maximum Gasteiger partial charge on any atom is 0.317 e. The van der Waals surface area contributed by atoms with E-state index in [-0.39, 0.29) is 12.1 Å². The molecule has 2 amide bonds. The van der Waals surface area contributed by atoms with Gasteiger partial charge in [-0.15, -0.1) is 0 Å². The van der Waals surface area contributed by atoms with Gasteiger partial charge < -0.3 is 19.9 Å². The lowest BCUT2D eigenvalue weighted by molar-refractivity contribution is -0.0181. The second-order valence-corrected chi connectivity index (χ2v) is 8.43. The fourth-order valence-corrected chi connectivity index (χ4v) is 4.39. The van der Waals surface area contributed by atoms with Crippen LogP contribution in [0.15, 0.2) is 12.3 Å². The number of morpholine rings is 1. The first kappa shape index (κ1) is 17.2. The number of aromatic nitrogens is 2. The van der Waals surface area contributed by atoms with Gasteiger partial charge in [-0.05, 0) is 56.4 Å². The molecule has 3 heterocycles. The van der Waals surface area contributed by atoms with Crippen molar-refractivity contribution in [2.75, 3.05) is 37.7 Å². The molecule has 2 saturated heterocycles. The molecule has 0 radical (unpaired) electrons. The van der Waals surface area contributed by atoms with E-state index in [1.165, 1.54) is 38.5 Å². The third-order valence-corrected chi connectivity index (χ3v) is 6.29. The van der Waals surface area contributed by atoms with Crippen LogP contribution in [0.1, 0.15) is 50.3 Å². The SMILES string of the molecule is O=C(NC(C1CC1)C1CC1)N1CCOC(c2ccnc(N3CCCC3)n2)C1. The van der Waals surface area contributed by atoms with Gasteiger partial charge in [-0.1, -0.05) is 0 Å². The van der Waals surface area contributed by atoms with Gasteiger partial charge in [0, 0.05) is 31.9 Å². The Labute approximate surface area is 160 Å². The standard InChI is InChI=1S/C20H29N5O2/c26-20(23-18(14-3-4-14)15-5-6-15)25-11-12-27-17(13-25)16-7-8-21-19(22-16)24-9-1-2-10-24/h7-8,14-15,17-18H,1-6,9-13H2,(H,23,26). The zero-order valence-corrected chi connectivity index (χ0v) is 15.8. The molecule has 1 unspecified atom stereocenters. The summed E-state index contributed by atoms with van der Waals surface area (Å²) >= 11 is 0. The Morgan fingerprint density at radius 3 is 2.59 bits per heavy atom. The summed E-state index contributed by atoms with van der Waals surface area (Å²) in [5.74, 6) is 2.21. The third kappa shape index (κ3) is 3.88. The highest BCUT2D eigenvalue weighted by Crippen LogP contribution is 2.44. The molecule has 2 aliphatic heterocycles. The van der Waals surface area contributed by atoms with Gasteiger partial charge >= 0.3 is 6.03 Å². The summed E-state index contributed by atoms with van der Waals surface area (Å²) in [6, 6.07) is 2.38. The minimum atomic E-state index is -0.172. The number of anilines is 1. The molecule has 4 aliphatic rings. The summed E-state index contributed by atoms with van der Waals surface area (Å²) in [4.78, 5) is 26.1. The van der Waals surface area contributed by atoms with Gasteiger partial charge in [0.15, 0.2) is 0 Å². The molecule has 27 heavy (non-hydrogen) atoms. The van der Waals surface area contributed by atoms with Crippen molar-refractivity contribution in [1.82, 2.24) is 20.2 Å². The number of rotatable bonds is 5. The number of nitrogens with one attached hydrogen (secondary N) is 1. The average molecular weight is 371 g/mol. The summed E-state index contributed by atoms with van der Waals surface area (Å²) in [5.41, 5.74) is 0.880. The molecule has 2 aliphatic carbocycles. The largest absolute Gasteiger partial charge is 0.368 e. The highest BCUT2D eigenvalue weighted by atomic mass is 16.5. The monoisotopic (exact) mass is 371 g/mol. The fourth-order valence-electron chi connectivity index (χ4n) is 4.39. The van der Waals surface area contributed by atoms with E-state index in [2.05, 4.69) is 15.2 Å². The van der Waals surface area contributed by atoms with Crippen molar-refractivity contribution in [1.29, 1.82) is 0 Å². The van der Waals surface area contributed by atoms with Crippen LogP contribution < -0.4 is 10.2 Å². The first-order valence-electron chi connectivity index (χ1n) is 10.5. The van der Waals surface area contributed by atoms with E-state index in [9.17, 15) is 4.79 Å². The van der Waals surface area contributed by atoms with Crippen molar-refractivity contribution in [2.45, 2.75) is 50.7 Å². The zero-order valence-electron chi connectivity index (χ0n) is 15.8. The molecule has 5 rings (SSSR count). The number of ether oxygens (including phenoxy) is 1. The van der Waals surface area contributed by atoms with Crippen LogP contribution in [0, 0.1) is 11.8 Å². The first-order chi connectivity index (χ1) is 13.3. The molecule has 1 aromatic rings. The van der Waals surface area contributed by atoms with Crippen molar-refractivity contribution in [3.8, 4) is 0 Å². The van der Waals surface area contributed by atoms with Crippen molar-refractivity contribution in [2.24, 2.45) is 11.8 Å². The molecule has 1 atom stereocenters. The van der Waals surface area contributed by atoms with E-state index in [0.29, 0.717) is 37.6 Å². The first-order valence-corrected chi connectivity index (χ1v) is 10.5. The molecule has 4 fully saturated rings. The Bertz CT molecular complexity index is 673. The highest BCUT2D eigenvalue weighted by Gasteiger charge is 2.43. The van der Waals surface area contributed by atoms with Crippen LogP contribution >= 0.6 is 0 Å². The maximum absolute atomic E-state index is 12.8. The van der Waals surface area contributed by atoms with E-state index in [0.717, 1.165) is 24.7 Å². The molecule has 146 valence electrons. The Morgan fingerprint density at radius 1 is 1.15 bits per heavy atom. The summed E-state index contributed by atoms with van der Waals surface area (Å²) < 4.78 is 5.96. The lowest BCUT2D eigenvalue weighted by atomic mass is 10.1. The summed E-state index contributed by atoms with van der Waals surface area (Å²) in [7, 11) is 0. The maximum atomic E-state index is 12.8. The molecule has 1 aromatic heterocycles. The van der Waals surface area contributed by atoms with Gasteiger partial charge in [-0.25, -0.2) is 14.8 Å². The van der Waals surface area contributed by atoms with Gasteiger partial charge in [0.1, 0.15) is 6.10 Å². The highest BCUT2D eigenvalue weighted by molar-refractivity contribution is 5.75. The van der Waals surface area contributed by atoms with Gasteiger partial charge in [-0.2, -0.15) is 0 Å². The molecule has 0 spiro atoms. The fraction of sp³-hybridized carbons (Fsp3) is 0.750. The van der Waals surface area contributed by atoms with Crippen LogP contribution in [0.5, 0.6) is 0 Å². The van der Waals surface area contributed by atoms with Crippen molar-refractivity contribution < 1.29 is 9.53 Å². The smallest absolute Gasteiger partial charge is 0.317 e. The summed E-state index contributed by atoms with van der Waals surface area (Å²) in [6.07, 6.45) is 9.12. The molecular weight excluding hydrogens is 342 g/mol. The normalized spacial score (nSPS) is 25.9. The van der Waals surface area contributed by atoms with Crippen LogP contribution in [0.4, 0.5) is 10.7 Å². The third-order valence-electron chi connectivity index (χ3n) is 6.29.